The third kappa shape index (κ3) is 5.28. The monoisotopic (exact) mass is 426 g/mol. The SMILES string of the molecule is O=C(O)Nc1ccc(Cl)c(NC(=O)c2cc(C(F)(F)F)cc(C(F)(F)F)c2)c1. The van der Waals surface area contributed by atoms with Crippen LogP contribution in [0, 0.1) is 0 Å². The van der Waals surface area contributed by atoms with Crippen molar-refractivity contribution in [2.24, 2.45) is 0 Å². The number of hydrogen-bond acceptors (Lipinski definition) is 2. The van der Waals surface area contributed by atoms with Crippen molar-refractivity contribution in [2.45, 2.75) is 12.4 Å². The first kappa shape index (κ1) is 21.4. The Morgan fingerprint density at radius 3 is 1.86 bits per heavy atom. The molecule has 3 N–H and O–H groups in total. The number of rotatable bonds is 3. The Morgan fingerprint density at radius 1 is 0.857 bits per heavy atom. The number of carbonyl (C=O) groups is 2. The van der Waals surface area contributed by atoms with Crippen LogP contribution in [-0.4, -0.2) is 17.1 Å². The summed E-state index contributed by atoms with van der Waals surface area (Å²) in [5.41, 5.74) is -4.47. The largest absolute Gasteiger partial charge is 0.465 e. The van der Waals surface area contributed by atoms with Gasteiger partial charge >= 0.3 is 18.4 Å². The number of amides is 2. The Kier molecular flexibility index (Phi) is 5.78. The lowest BCUT2D eigenvalue weighted by atomic mass is 10.0. The summed E-state index contributed by atoms with van der Waals surface area (Å²) in [5, 5.41) is 12.5. The molecule has 0 saturated heterocycles. The third-order valence-corrected chi connectivity index (χ3v) is 3.65. The highest BCUT2D eigenvalue weighted by atomic mass is 35.5. The van der Waals surface area contributed by atoms with E-state index in [4.69, 9.17) is 16.7 Å². The fourth-order valence-electron chi connectivity index (χ4n) is 2.10. The first-order chi connectivity index (χ1) is 12.8. The Labute approximate surface area is 157 Å². The molecule has 150 valence electrons. The molecule has 0 aliphatic carbocycles. The molecule has 2 aromatic rings. The number of hydrogen-bond donors (Lipinski definition) is 3. The van der Waals surface area contributed by atoms with Gasteiger partial charge in [0.1, 0.15) is 0 Å². The number of alkyl halides is 6. The zero-order valence-corrected chi connectivity index (χ0v) is 14.1. The Hall–Kier alpha value is -2.95. The fourth-order valence-corrected chi connectivity index (χ4v) is 2.27. The predicted molar refractivity (Wildman–Crippen MR) is 87.5 cm³/mol. The summed E-state index contributed by atoms with van der Waals surface area (Å²) in [7, 11) is 0. The van der Waals surface area contributed by atoms with Crippen molar-refractivity contribution in [3.05, 3.63) is 58.1 Å². The maximum atomic E-state index is 12.9. The molecule has 0 aliphatic heterocycles. The van der Waals surface area contributed by atoms with E-state index < -0.39 is 41.0 Å². The summed E-state index contributed by atoms with van der Waals surface area (Å²) >= 11 is 5.82. The fraction of sp³-hybridized carbons (Fsp3) is 0.125. The minimum Gasteiger partial charge on any atom is -0.465 e. The van der Waals surface area contributed by atoms with Gasteiger partial charge in [0.2, 0.25) is 0 Å². The van der Waals surface area contributed by atoms with Gasteiger partial charge in [-0.2, -0.15) is 26.3 Å². The molecule has 0 spiro atoms. The molecular weight excluding hydrogens is 418 g/mol. The average molecular weight is 427 g/mol. The van der Waals surface area contributed by atoms with E-state index in [2.05, 4.69) is 5.32 Å². The second-order valence-electron chi connectivity index (χ2n) is 5.37. The van der Waals surface area contributed by atoms with Gasteiger partial charge in [-0.1, -0.05) is 11.6 Å². The average Bonchev–Trinajstić information content (AvgIpc) is 2.55. The van der Waals surface area contributed by atoms with Crippen LogP contribution in [0.25, 0.3) is 0 Å². The molecule has 5 nitrogen and oxygen atoms in total. The van der Waals surface area contributed by atoms with E-state index >= 15 is 0 Å². The maximum Gasteiger partial charge on any atom is 0.416 e. The van der Waals surface area contributed by atoms with Crippen LogP contribution in [0.5, 0.6) is 0 Å². The molecule has 0 saturated carbocycles. The number of benzene rings is 2. The predicted octanol–water partition coefficient (Wildman–Crippen LogP) is 5.72. The van der Waals surface area contributed by atoms with Crippen molar-refractivity contribution < 1.29 is 41.0 Å². The number of carboxylic acid groups (broad SMARTS) is 1. The summed E-state index contributed by atoms with van der Waals surface area (Å²) in [6.07, 6.45) is -11.7. The van der Waals surface area contributed by atoms with E-state index in [1.54, 1.807) is 0 Å². The van der Waals surface area contributed by atoms with Crippen molar-refractivity contribution in [1.82, 2.24) is 0 Å². The van der Waals surface area contributed by atoms with E-state index in [0.29, 0.717) is 0 Å². The lowest BCUT2D eigenvalue weighted by Gasteiger charge is -2.15. The minimum absolute atomic E-state index is 0.0350. The van der Waals surface area contributed by atoms with Crippen LogP contribution >= 0.6 is 11.6 Å². The lowest BCUT2D eigenvalue weighted by molar-refractivity contribution is -0.143. The van der Waals surface area contributed by atoms with Gasteiger partial charge in [0.15, 0.2) is 0 Å². The molecule has 0 fully saturated rings. The van der Waals surface area contributed by atoms with Gasteiger partial charge in [0.25, 0.3) is 5.91 Å². The second-order valence-corrected chi connectivity index (χ2v) is 5.78. The van der Waals surface area contributed by atoms with Crippen LogP contribution in [0.3, 0.4) is 0 Å². The van der Waals surface area contributed by atoms with Crippen LogP contribution in [0.4, 0.5) is 42.5 Å². The highest BCUT2D eigenvalue weighted by Gasteiger charge is 2.37. The summed E-state index contributed by atoms with van der Waals surface area (Å²) in [6, 6.07) is 3.87. The van der Waals surface area contributed by atoms with E-state index in [0.717, 1.165) is 6.07 Å². The van der Waals surface area contributed by atoms with Crippen molar-refractivity contribution in [1.29, 1.82) is 0 Å². The Morgan fingerprint density at radius 2 is 1.39 bits per heavy atom. The Bertz CT molecular complexity index is 895. The van der Waals surface area contributed by atoms with Gasteiger partial charge in [-0.15, -0.1) is 0 Å². The van der Waals surface area contributed by atoms with Crippen LogP contribution < -0.4 is 10.6 Å². The zero-order valence-electron chi connectivity index (χ0n) is 13.4. The zero-order chi connectivity index (χ0) is 21.3. The first-order valence-electron chi connectivity index (χ1n) is 7.17. The van der Waals surface area contributed by atoms with Crippen LogP contribution in [0.15, 0.2) is 36.4 Å². The number of halogens is 7. The molecule has 12 heteroatoms. The van der Waals surface area contributed by atoms with Crippen LogP contribution in [-0.2, 0) is 12.4 Å². The highest BCUT2D eigenvalue weighted by Crippen LogP contribution is 2.36. The summed E-state index contributed by atoms with van der Waals surface area (Å²) in [4.78, 5) is 22.8. The number of nitrogens with one attached hydrogen (secondary N) is 2. The van der Waals surface area contributed by atoms with Crippen molar-refractivity contribution in [2.75, 3.05) is 10.6 Å². The summed E-state index contributed by atoms with van der Waals surface area (Å²) in [6.45, 7) is 0. The van der Waals surface area contributed by atoms with Gasteiger partial charge in [-0.25, -0.2) is 4.79 Å². The van der Waals surface area contributed by atoms with Crippen molar-refractivity contribution in [3.8, 4) is 0 Å². The number of carbonyl (C=O) groups excluding carboxylic acids is 1. The quantitative estimate of drug-likeness (QED) is 0.549. The van der Waals surface area contributed by atoms with Gasteiger partial charge in [0.05, 0.1) is 21.8 Å². The Balaban J connectivity index is 2.43. The molecule has 0 radical (unpaired) electrons. The molecule has 28 heavy (non-hydrogen) atoms. The van der Waals surface area contributed by atoms with E-state index in [1.165, 1.54) is 12.1 Å². The van der Waals surface area contributed by atoms with Gasteiger partial charge in [0, 0.05) is 11.3 Å². The lowest BCUT2D eigenvalue weighted by Crippen LogP contribution is -2.17. The van der Waals surface area contributed by atoms with Crippen LogP contribution in [0.2, 0.25) is 5.02 Å². The van der Waals surface area contributed by atoms with Crippen molar-refractivity contribution >= 4 is 35.0 Å². The van der Waals surface area contributed by atoms with Crippen LogP contribution in [0.1, 0.15) is 21.5 Å². The van der Waals surface area contributed by atoms with E-state index in [9.17, 15) is 35.9 Å². The molecule has 0 aromatic heterocycles. The molecule has 0 bridgehead atoms. The topological polar surface area (TPSA) is 78.4 Å². The molecule has 0 aliphatic rings. The molecular formula is C16H9ClF6N2O3. The molecule has 0 unspecified atom stereocenters. The first-order valence-corrected chi connectivity index (χ1v) is 7.55. The molecule has 2 aromatic carbocycles. The smallest absolute Gasteiger partial charge is 0.416 e. The number of anilines is 2. The molecule has 2 amide bonds. The van der Waals surface area contributed by atoms with E-state index in [-0.39, 0.29) is 34.6 Å². The second kappa shape index (κ2) is 7.58. The summed E-state index contributed by atoms with van der Waals surface area (Å²) in [5.74, 6) is -1.30. The molecule has 0 atom stereocenters. The highest BCUT2D eigenvalue weighted by molar-refractivity contribution is 6.34. The molecule has 0 heterocycles. The maximum absolute atomic E-state index is 12.9. The third-order valence-electron chi connectivity index (χ3n) is 3.32. The standard InChI is InChI=1S/C16H9ClF6N2O3/c17-11-2-1-10(24-14(27)28)6-12(11)25-13(26)7-3-8(15(18,19)20)5-9(4-7)16(21,22)23/h1-6,24H,(H,25,26)(H,27,28). The van der Waals surface area contributed by atoms with Gasteiger partial charge < -0.3 is 10.4 Å². The molecule has 2 rings (SSSR count). The summed E-state index contributed by atoms with van der Waals surface area (Å²) < 4.78 is 77.3. The normalized spacial score (nSPS) is 11.8. The minimum atomic E-state index is -5.11. The van der Waals surface area contributed by atoms with Crippen molar-refractivity contribution in [3.63, 3.8) is 0 Å². The van der Waals surface area contributed by atoms with E-state index in [1.807, 2.05) is 5.32 Å². The van der Waals surface area contributed by atoms with Gasteiger partial charge in [-0.05, 0) is 36.4 Å². The van der Waals surface area contributed by atoms with Gasteiger partial charge in [-0.3, -0.25) is 10.1 Å².